The van der Waals surface area contributed by atoms with Gasteiger partial charge in [0.1, 0.15) is 23.1 Å². The van der Waals surface area contributed by atoms with E-state index in [0.717, 1.165) is 30.8 Å². The number of nitrogens with zero attached hydrogens (tertiary/aromatic N) is 5. The lowest BCUT2D eigenvalue weighted by Crippen LogP contribution is -2.44. The van der Waals surface area contributed by atoms with Crippen LogP contribution in [0.5, 0.6) is 0 Å². The van der Waals surface area contributed by atoms with Crippen LogP contribution in [-0.4, -0.2) is 55.6 Å². The number of halogens is 3. The maximum atomic E-state index is 13.1. The van der Waals surface area contributed by atoms with Crippen LogP contribution in [0.15, 0.2) is 48.8 Å². The highest BCUT2D eigenvalue weighted by Crippen LogP contribution is 2.32. The van der Waals surface area contributed by atoms with E-state index >= 15 is 0 Å². The number of carbonyl (C=O) groups excluding carboxylic acids is 1. The van der Waals surface area contributed by atoms with Gasteiger partial charge in [-0.3, -0.25) is 10.1 Å². The molecular weight excluding hydrogens is 543 g/mol. The molecule has 41 heavy (non-hydrogen) atoms. The zero-order valence-electron chi connectivity index (χ0n) is 22.9. The van der Waals surface area contributed by atoms with Crippen molar-refractivity contribution in [3.05, 3.63) is 64.5 Å². The van der Waals surface area contributed by atoms with Gasteiger partial charge in [-0.05, 0) is 57.4 Å². The molecule has 1 aliphatic heterocycles. The minimum Gasteiger partial charge on any atom is -0.444 e. The molecule has 0 aromatic carbocycles. The fourth-order valence-corrected chi connectivity index (χ4v) is 4.40. The van der Waals surface area contributed by atoms with Crippen molar-refractivity contribution in [3.63, 3.8) is 0 Å². The van der Waals surface area contributed by atoms with Crippen LogP contribution in [-0.2, 0) is 10.9 Å². The van der Waals surface area contributed by atoms with Crippen molar-refractivity contribution >= 4 is 29.2 Å². The highest BCUT2D eigenvalue weighted by molar-refractivity contribution is 5.70. The maximum Gasteiger partial charge on any atom is 0.416 e. The average Bonchev–Trinajstić information content (AvgIpc) is 3.26. The number of carbonyl (C=O) groups is 1. The Morgan fingerprint density at radius 1 is 1.10 bits per heavy atom. The molecular formula is C27H30F3N7O4. The number of pyridine rings is 3. The summed E-state index contributed by atoms with van der Waals surface area (Å²) in [7, 11) is 0. The van der Waals surface area contributed by atoms with E-state index in [2.05, 4.69) is 32.5 Å². The number of aromatic nitrogens is 3. The first-order chi connectivity index (χ1) is 19.2. The minimum atomic E-state index is -4.58. The lowest BCUT2D eigenvalue weighted by Gasteiger charge is -2.30. The van der Waals surface area contributed by atoms with E-state index in [4.69, 9.17) is 4.74 Å². The van der Waals surface area contributed by atoms with Crippen LogP contribution >= 0.6 is 0 Å². The second-order valence-corrected chi connectivity index (χ2v) is 10.7. The van der Waals surface area contributed by atoms with Gasteiger partial charge in [0, 0.05) is 37.1 Å². The van der Waals surface area contributed by atoms with E-state index in [9.17, 15) is 28.1 Å². The molecule has 3 aromatic heterocycles. The van der Waals surface area contributed by atoms with Crippen LogP contribution < -0.4 is 10.6 Å². The zero-order valence-corrected chi connectivity index (χ0v) is 22.9. The summed E-state index contributed by atoms with van der Waals surface area (Å²) in [6.45, 7) is 8.46. The number of hydrogen-bond donors (Lipinski definition) is 2. The summed E-state index contributed by atoms with van der Waals surface area (Å²) in [5.41, 5.74) is -1.18. The molecule has 4 rings (SSSR count). The van der Waals surface area contributed by atoms with E-state index < -0.39 is 22.3 Å². The molecule has 2 N–H and O–H groups in total. The number of hydrogen-bond acceptors (Lipinski definition) is 9. The summed E-state index contributed by atoms with van der Waals surface area (Å²) in [5, 5.41) is 17.5. The highest BCUT2D eigenvalue weighted by atomic mass is 19.4. The van der Waals surface area contributed by atoms with E-state index in [1.165, 1.54) is 12.3 Å². The summed E-state index contributed by atoms with van der Waals surface area (Å²) < 4.78 is 44.9. The van der Waals surface area contributed by atoms with Crippen LogP contribution in [0, 0.1) is 16.0 Å². The largest absolute Gasteiger partial charge is 0.444 e. The van der Waals surface area contributed by atoms with Gasteiger partial charge >= 0.3 is 12.3 Å². The lowest BCUT2D eigenvalue weighted by molar-refractivity contribution is -0.384. The van der Waals surface area contributed by atoms with E-state index in [-0.39, 0.29) is 41.1 Å². The predicted octanol–water partition coefficient (Wildman–Crippen LogP) is 6.27. The fourth-order valence-electron chi connectivity index (χ4n) is 4.40. The Morgan fingerprint density at radius 2 is 1.80 bits per heavy atom. The molecule has 218 valence electrons. The summed E-state index contributed by atoms with van der Waals surface area (Å²) in [4.78, 5) is 38.0. The fraction of sp³-hybridized carbons (Fsp3) is 0.407. The van der Waals surface area contributed by atoms with Crippen molar-refractivity contribution in [2.24, 2.45) is 5.92 Å². The number of alkyl halides is 3. The first-order valence-corrected chi connectivity index (χ1v) is 12.9. The molecule has 1 aliphatic rings. The van der Waals surface area contributed by atoms with E-state index in [0.29, 0.717) is 24.5 Å². The van der Waals surface area contributed by atoms with Crippen LogP contribution in [0.1, 0.15) is 39.7 Å². The Bertz CT molecular complexity index is 1430. The third-order valence-electron chi connectivity index (χ3n) is 6.42. The molecule has 3 aromatic rings. The molecule has 1 amide bonds. The predicted molar refractivity (Wildman–Crippen MR) is 146 cm³/mol. The normalized spacial score (nSPS) is 17.3. The van der Waals surface area contributed by atoms with Crippen LogP contribution in [0.4, 0.5) is 41.1 Å². The number of ether oxygens (including phenoxy) is 1. The van der Waals surface area contributed by atoms with Gasteiger partial charge in [0.05, 0.1) is 28.3 Å². The molecule has 0 bridgehead atoms. The van der Waals surface area contributed by atoms with Gasteiger partial charge in [0.15, 0.2) is 0 Å². The van der Waals surface area contributed by atoms with Gasteiger partial charge < -0.3 is 20.3 Å². The Morgan fingerprint density at radius 3 is 2.49 bits per heavy atom. The minimum absolute atomic E-state index is 0.0554. The van der Waals surface area contributed by atoms with Crippen LogP contribution in [0.3, 0.4) is 0 Å². The molecule has 1 fully saturated rings. The van der Waals surface area contributed by atoms with E-state index in [1.54, 1.807) is 17.0 Å². The van der Waals surface area contributed by atoms with Crippen LogP contribution in [0.2, 0.25) is 0 Å². The van der Waals surface area contributed by atoms with Gasteiger partial charge in [-0.2, -0.15) is 13.2 Å². The van der Waals surface area contributed by atoms with Gasteiger partial charge in [0.25, 0.3) is 5.69 Å². The third-order valence-corrected chi connectivity index (χ3v) is 6.42. The molecule has 1 saturated heterocycles. The van der Waals surface area contributed by atoms with Crippen molar-refractivity contribution < 1.29 is 27.6 Å². The number of anilines is 3. The topological polar surface area (TPSA) is 135 Å². The molecule has 0 radical (unpaired) electrons. The standard InChI is InChI=1S/C27H30F3N7O4/c1-16-7-10-36(25(38)41-26(2,3)4)21(16)15-33-22-11-17(5-8-31-22)20-13-19(37(39)40)14-24(34-20)35-23-12-18(6-9-32-23)27(28,29)30/h5-6,8-9,11-14,16,21H,7,10,15H2,1-4H3,(H,31,33)(H,32,34,35)/t16-,21?/m1/s1. The Labute approximate surface area is 234 Å². The third kappa shape index (κ3) is 7.58. The molecule has 11 nitrogen and oxygen atoms in total. The quantitative estimate of drug-likeness (QED) is 0.248. The number of nitrogens with one attached hydrogen (secondary N) is 2. The summed E-state index contributed by atoms with van der Waals surface area (Å²) >= 11 is 0. The molecule has 0 aliphatic carbocycles. The van der Waals surface area contributed by atoms with Gasteiger partial charge in [0.2, 0.25) is 0 Å². The second kappa shape index (κ2) is 11.6. The number of amides is 1. The molecule has 1 unspecified atom stereocenters. The Hall–Kier alpha value is -4.49. The molecule has 0 spiro atoms. The summed E-state index contributed by atoms with van der Waals surface area (Å²) in [5.74, 6) is 0.444. The van der Waals surface area contributed by atoms with Crippen molar-refractivity contribution in [1.82, 2.24) is 19.9 Å². The second-order valence-electron chi connectivity index (χ2n) is 10.7. The molecule has 2 atom stereocenters. The highest BCUT2D eigenvalue weighted by Gasteiger charge is 2.36. The SMILES string of the molecule is C[C@@H]1CCN(C(=O)OC(C)(C)C)C1CNc1cc(-c2cc([N+](=O)[O-])cc(Nc3cc(C(F)(F)F)ccn3)n2)ccn1. The molecule has 4 heterocycles. The maximum absolute atomic E-state index is 13.1. The summed E-state index contributed by atoms with van der Waals surface area (Å²) in [6.07, 6.45) is -1.65. The van der Waals surface area contributed by atoms with Crippen molar-refractivity contribution in [2.75, 3.05) is 23.7 Å². The van der Waals surface area contributed by atoms with Gasteiger partial charge in [-0.25, -0.2) is 19.7 Å². The monoisotopic (exact) mass is 573 g/mol. The zero-order chi connectivity index (χ0) is 29.9. The number of nitro groups is 1. The Kier molecular flexibility index (Phi) is 8.31. The molecule has 14 heteroatoms. The van der Waals surface area contributed by atoms with Crippen LogP contribution in [0.25, 0.3) is 11.3 Å². The number of likely N-dealkylation sites (tertiary alicyclic amines) is 1. The summed E-state index contributed by atoms with van der Waals surface area (Å²) in [6, 6.07) is 7.10. The van der Waals surface area contributed by atoms with Crippen molar-refractivity contribution in [1.29, 1.82) is 0 Å². The first-order valence-electron chi connectivity index (χ1n) is 12.9. The average molecular weight is 574 g/mol. The van der Waals surface area contributed by atoms with Crippen molar-refractivity contribution in [3.8, 4) is 11.3 Å². The Balaban J connectivity index is 1.55. The number of rotatable bonds is 7. The lowest BCUT2D eigenvalue weighted by atomic mass is 10.0. The first kappa shape index (κ1) is 29.5. The van der Waals surface area contributed by atoms with Gasteiger partial charge in [-0.1, -0.05) is 6.92 Å². The molecule has 0 saturated carbocycles. The van der Waals surface area contributed by atoms with Crippen molar-refractivity contribution in [2.45, 2.75) is 51.9 Å². The van der Waals surface area contributed by atoms with Gasteiger partial charge in [-0.15, -0.1) is 0 Å². The smallest absolute Gasteiger partial charge is 0.416 e. The van der Waals surface area contributed by atoms with E-state index in [1.807, 2.05) is 20.8 Å².